The molecule has 2 aliphatic carbocycles. The van der Waals surface area contributed by atoms with Crippen LogP contribution in [0.3, 0.4) is 0 Å². The van der Waals surface area contributed by atoms with Gasteiger partial charge in [-0.25, -0.2) is 0 Å². The van der Waals surface area contributed by atoms with E-state index < -0.39 is 14.4 Å². The van der Waals surface area contributed by atoms with Crippen LogP contribution in [0.15, 0.2) is 52.8 Å². The third kappa shape index (κ3) is 5.12. The topological polar surface area (TPSA) is 73.0 Å². The van der Waals surface area contributed by atoms with Crippen LogP contribution in [0.5, 0.6) is 0 Å². The molecule has 0 radical (unpaired) electrons. The highest BCUT2D eigenvalue weighted by Gasteiger charge is 2.28. The Morgan fingerprint density at radius 2 is 2.08 bits per heavy atom. The molecule has 6 nitrogen and oxygen atoms in total. The Balaban J connectivity index is 2.22. The lowest BCUT2D eigenvalue weighted by Crippen LogP contribution is -2.26. The summed E-state index contributed by atoms with van der Waals surface area (Å²) in [4.78, 5) is 6.47. The van der Waals surface area contributed by atoms with Gasteiger partial charge in [-0.05, 0) is 12.2 Å². The van der Waals surface area contributed by atoms with Crippen LogP contribution in [-0.2, 0) is 9.15 Å². The number of hydrogen-bond donors (Lipinski definition) is 1. The molecule has 128 valence electrons. The van der Waals surface area contributed by atoms with Crippen molar-refractivity contribution in [1.82, 2.24) is 4.90 Å². The Morgan fingerprint density at radius 1 is 1.38 bits per heavy atom. The summed E-state index contributed by atoms with van der Waals surface area (Å²) in [5.41, 5.74) is 2.56. The minimum atomic E-state index is -4.17. The highest BCUT2D eigenvalue weighted by atomic mass is 33.1. The third-order valence-corrected chi connectivity index (χ3v) is 5.75. The number of likely N-dealkylation sites (N-methyl/N-ethyl adjacent to an activating group) is 2. The summed E-state index contributed by atoms with van der Waals surface area (Å²) in [5.74, 6) is 0. The Morgan fingerprint density at radius 3 is 2.58 bits per heavy atom. The molecule has 0 saturated carbocycles. The van der Waals surface area contributed by atoms with Crippen molar-refractivity contribution in [3.8, 4) is 0 Å². The first-order valence-corrected chi connectivity index (χ1v) is 10.1. The molecule has 0 aromatic rings. The summed E-state index contributed by atoms with van der Waals surface area (Å²) in [5, 5.41) is -0.502. The van der Waals surface area contributed by atoms with Gasteiger partial charge in [0.15, 0.2) is 12.8 Å². The lowest BCUT2D eigenvalue weighted by atomic mass is 10.0. The second-order valence-corrected chi connectivity index (χ2v) is 9.10. The molecule has 2 atom stereocenters. The number of hydrogen-bond acceptors (Lipinski definition) is 5. The molecule has 0 heterocycles. The van der Waals surface area contributed by atoms with Crippen LogP contribution in [0.4, 0.5) is 0 Å². The van der Waals surface area contributed by atoms with E-state index in [0.29, 0.717) is 10.8 Å². The Kier molecular flexibility index (Phi) is 5.74. The lowest BCUT2D eigenvalue weighted by molar-refractivity contribution is -0.428. The van der Waals surface area contributed by atoms with E-state index in [9.17, 15) is 13.0 Å². The zero-order valence-corrected chi connectivity index (χ0v) is 15.5. The molecule has 2 rings (SSSR count). The molecule has 8 heteroatoms. The highest BCUT2D eigenvalue weighted by molar-refractivity contribution is 8.70. The SMILES string of the molecule is C=[N+](C)C1=C[CH+]C(=NC2C=CC(N(C)C)=CC2SS(=O)(=O)O)C=C1. The maximum Gasteiger partial charge on any atom is 0.320 e. The third-order valence-electron chi connectivity index (χ3n) is 3.47. The Bertz CT molecular complexity index is 774. The summed E-state index contributed by atoms with van der Waals surface area (Å²) in [6.45, 7) is 3.81. The van der Waals surface area contributed by atoms with Crippen molar-refractivity contribution in [1.29, 1.82) is 0 Å². The summed E-state index contributed by atoms with van der Waals surface area (Å²) >= 11 is 0. The number of allylic oxidation sites excluding steroid dienone is 4. The van der Waals surface area contributed by atoms with Crippen molar-refractivity contribution in [2.75, 3.05) is 21.1 Å². The molecule has 0 amide bonds. The van der Waals surface area contributed by atoms with Crippen LogP contribution >= 0.6 is 10.8 Å². The zero-order valence-electron chi connectivity index (χ0n) is 13.8. The van der Waals surface area contributed by atoms with Gasteiger partial charge in [-0.2, -0.15) is 13.0 Å². The van der Waals surface area contributed by atoms with E-state index in [1.807, 2.05) is 62.8 Å². The van der Waals surface area contributed by atoms with Gasteiger partial charge in [0.25, 0.3) is 0 Å². The van der Waals surface area contributed by atoms with E-state index in [1.165, 1.54) is 0 Å². The van der Waals surface area contributed by atoms with Gasteiger partial charge in [0.05, 0.1) is 23.8 Å². The molecule has 0 fully saturated rings. The van der Waals surface area contributed by atoms with Crippen molar-refractivity contribution in [3.63, 3.8) is 0 Å². The van der Waals surface area contributed by atoms with Crippen LogP contribution in [0, 0.1) is 6.42 Å². The first-order chi connectivity index (χ1) is 11.2. The number of rotatable bonds is 5. The van der Waals surface area contributed by atoms with Crippen molar-refractivity contribution in [2.24, 2.45) is 4.99 Å². The fourth-order valence-electron chi connectivity index (χ4n) is 2.23. The van der Waals surface area contributed by atoms with Crippen LogP contribution in [0.1, 0.15) is 0 Å². The first kappa shape index (κ1) is 18.6. The van der Waals surface area contributed by atoms with E-state index in [4.69, 9.17) is 0 Å². The summed E-state index contributed by atoms with van der Waals surface area (Å²) in [6, 6.07) is -0.385. The van der Waals surface area contributed by atoms with Crippen LogP contribution in [0.25, 0.3) is 0 Å². The molecular formula is C16H21N3O3S2+2. The van der Waals surface area contributed by atoms with Crippen LogP contribution in [-0.4, -0.2) is 67.3 Å². The van der Waals surface area contributed by atoms with E-state index in [0.717, 1.165) is 17.1 Å². The van der Waals surface area contributed by atoms with Gasteiger partial charge in [-0.3, -0.25) is 9.55 Å². The van der Waals surface area contributed by atoms with Crippen molar-refractivity contribution >= 4 is 32.4 Å². The maximum atomic E-state index is 11.3. The average Bonchev–Trinajstić information content (AvgIpc) is 2.48. The van der Waals surface area contributed by atoms with Gasteiger partial charge in [0.1, 0.15) is 18.9 Å². The normalized spacial score (nSPS) is 25.1. The summed E-state index contributed by atoms with van der Waals surface area (Å²) < 4.78 is 33.5. The molecule has 0 aromatic carbocycles. The second-order valence-electron chi connectivity index (χ2n) is 5.67. The quantitative estimate of drug-likeness (QED) is 0.263. The fraction of sp³-hybridized carbons (Fsp3) is 0.312. The van der Waals surface area contributed by atoms with Crippen molar-refractivity contribution in [2.45, 2.75) is 11.3 Å². The van der Waals surface area contributed by atoms with Crippen molar-refractivity contribution < 1.29 is 17.5 Å². The van der Waals surface area contributed by atoms with E-state index in [2.05, 4.69) is 11.7 Å². The fourth-order valence-corrected chi connectivity index (χ4v) is 4.33. The van der Waals surface area contributed by atoms with Gasteiger partial charge in [0, 0.05) is 30.6 Å². The van der Waals surface area contributed by atoms with Gasteiger partial charge < -0.3 is 4.90 Å². The van der Waals surface area contributed by atoms with E-state index in [-0.39, 0.29) is 6.04 Å². The van der Waals surface area contributed by atoms with Gasteiger partial charge in [-0.1, -0.05) is 6.08 Å². The van der Waals surface area contributed by atoms with Gasteiger partial charge in [-0.15, -0.1) is 0 Å². The molecule has 0 spiro atoms. The van der Waals surface area contributed by atoms with Gasteiger partial charge in [0.2, 0.25) is 0 Å². The smallest absolute Gasteiger partial charge is 0.320 e. The Hall–Kier alpha value is -1.77. The maximum absolute atomic E-state index is 11.3. The summed E-state index contributed by atoms with van der Waals surface area (Å²) in [7, 11) is 1.92. The van der Waals surface area contributed by atoms with E-state index in [1.54, 1.807) is 10.7 Å². The molecule has 0 bridgehead atoms. The molecule has 0 saturated heterocycles. The van der Waals surface area contributed by atoms with Crippen LogP contribution < -0.4 is 0 Å². The molecule has 0 aliphatic heterocycles. The minimum absolute atomic E-state index is 0.385. The summed E-state index contributed by atoms with van der Waals surface area (Å²) in [6.07, 6.45) is 13.0. The standard InChI is InChI=1S/C16H20N3O3S2/c1-18(2)13-7-5-12(6-8-13)17-15-10-9-14(19(3)4)11-16(15)23-24(20,21)22/h5-11,15-16H,1H2,2-4H3/q+1/p+1. The minimum Gasteiger partial charge on any atom is -0.378 e. The monoisotopic (exact) mass is 367 g/mol. The van der Waals surface area contributed by atoms with Crippen molar-refractivity contribution in [3.05, 3.63) is 54.3 Å². The zero-order chi connectivity index (χ0) is 17.9. The predicted molar refractivity (Wildman–Crippen MR) is 99.9 cm³/mol. The molecule has 2 unspecified atom stereocenters. The molecule has 2 aliphatic rings. The largest absolute Gasteiger partial charge is 0.378 e. The highest BCUT2D eigenvalue weighted by Crippen LogP contribution is 2.29. The molecule has 0 aromatic heterocycles. The lowest BCUT2D eigenvalue weighted by Gasteiger charge is -2.24. The number of nitrogens with zero attached hydrogens (tertiary/aromatic N) is 3. The second kappa shape index (κ2) is 7.42. The van der Waals surface area contributed by atoms with Gasteiger partial charge >= 0.3 is 14.8 Å². The molecule has 24 heavy (non-hydrogen) atoms. The van der Waals surface area contributed by atoms with E-state index >= 15 is 0 Å². The van der Waals surface area contributed by atoms with Crippen LogP contribution in [0.2, 0.25) is 0 Å². The number of aliphatic imine (C=N–C) groups is 1. The Labute approximate surface area is 146 Å². The molecular weight excluding hydrogens is 346 g/mol. The molecule has 1 N–H and O–H groups in total. The first-order valence-electron chi connectivity index (χ1n) is 7.24. The average molecular weight is 367 g/mol. The predicted octanol–water partition coefficient (Wildman–Crippen LogP) is 1.72.